The van der Waals surface area contributed by atoms with E-state index in [1.165, 1.54) is 27.4 Å². The average molecular weight is 625 g/mol. The second-order valence-electron chi connectivity index (χ2n) is 10.7. The Hall–Kier alpha value is -4.33. The monoisotopic (exact) mass is 624 g/mol. The lowest BCUT2D eigenvalue weighted by molar-refractivity contribution is -0.139. The molecular formula is C30H36N6O7S. The van der Waals surface area contributed by atoms with Crippen LogP contribution in [-0.2, 0) is 14.4 Å². The summed E-state index contributed by atoms with van der Waals surface area (Å²) < 4.78 is 16.3. The number of nitrogens with zero attached hydrogens (tertiary/aromatic N) is 5. The first-order valence-corrected chi connectivity index (χ1v) is 15.4. The molecule has 0 radical (unpaired) electrons. The SMILES string of the molecule is COc1cc2nc(N3CCN(C(=O)c4ccco4)CC3)nc(NC(=O)C3CCCN3C(=O)C(C)CSC(C)=O)c2cc1OC. The lowest BCUT2D eigenvalue weighted by Gasteiger charge is -2.34. The number of likely N-dealkylation sites (tertiary alicyclic amines) is 1. The minimum absolute atomic E-state index is 0.0515. The third kappa shape index (κ3) is 6.59. The van der Waals surface area contributed by atoms with E-state index < -0.39 is 12.0 Å². The largest absolute Gasteiger partial charge is 0.493 e. The standard InChI is InChI=1S/C30H36N6O7S/c1-18(17-44-19(2)37)28(39)36-9-5-7-22(36)27(38)32-26-20-15-24(41-3)25(42-4)16-21(20)31-30(33-26)35-12-10-34(11-13-35)29(40)23-8-6-14-43-23/h6,8,14-16,18,22H,5,7,9-13,17H2,1-4H3,(H,31,32,33,38). The van der Waals surface area contributed by atoms with Crippen molar-refractivity contribution in [1.82, 2.24) is 19.8 Å². The van der Waals surface area contributed by atoms with E-state index in [0.717, 1.165) is 11.8 Å². The smallest absolute Gasteiger partial charge is 0.289 e. The van der Waals surface area contributed by atoms with Crippen molar-refractivity contribution in [2.24, 2.45) is 5.92 Å². The predicted octanol–water partition coefficient (Wildman–Crippen LogP) is 3.05. The summed E-state index contributed by atoms with van der Waals surface area (Å²) >= 11 is 1.11. The second-order valence-corrected chi connectivity index (χ2v) is 11.9. The number of ether oxygens (including phenoxy) is 2. The van der Waals surface area contributed by atoms with Crippen molar-refractivity contribution < 1.29 is 33.1 Å². The summed E-state index contributed by atoms with van der Waals surface area (Å²) in [4.78, 5) is 65.9. The number of methoxy groups -OCH3 is 2. The number of carbonyl (C=O) groups excluding carboxylic acids is 4. The molecule has 4 heterocycles. The minimum Gasteiger partial charge on any atom is -0.493 e. The Labute approximate surface area is 259 Å². The number of benzene rings is 1. The summed E-state index contributed by atoms with van der Waals surface area (Å²) in [6, 6.07) is 6.10. The normalized spacial score (nSPS) is 17.5. The highest BCUT2D eigenvalue weighted by atomic mass is 32.2. The number of hydrogen-bond donors (Lipinski definition) is 1. The van der Waals surface area contributed by atoms with E-state index in [0.29, 0.717) is 79.7 Å². The zero-order valence-electron chi connectivity index (χ0n) is 25.2. The maximum absolute atomic E-state index is 13.7. The molecule has 2 aliphatic heterocycles. The Kier molecular flexibility index (Phi) is 9.57. The molecule has 0 bridgehead atoms. The second kappa shape index (κ2) is 13.5. The van der Waals surface area contributed by atoms with E-state index in [4.69, 9.17) is 23.9 Å². The molecule has 5 rings (SSSR count). The van der Waals surface area contributed by atoms with E-state index >= 15 is 0 Å². The van der Waals surface area contributed by atoms with Crippen molar-refractivity contribution in [3.63, 3.8) is 0 Å². The van der Waals surface area contributed by atoms with Crippen molar-refractivity contribution in [3.05, 3.63) is 36.3 Å². The molecule has 0 spiro atoms. The number of nitrogens with one attached hydrogen (secondary N) is 1. The quantitative estimate of drug-likeness (QED) is 0.375. The fourth-order valence-corrected chi connectivity index (χ4v) is 6.07. The number of fused-ring (bicyclic) bond motifs is 1. The first-order valence-electron chi connectivity index (χ1n) is 14.5. The molecule has 44 heavy (non-hydrogen) atoms. The van der Waals surface area contributed by atoms with Gasteiger partial charge < -0.3 is 33.9 Å². The van der Waals surface area contributed by atoms with E-state index in [1.807, 2.05) is 4.90 Å². The molecule has 0 saturated carbocycles. The highest BCUT2D eigenvalue weighted by Gasteiger charge is 2.36. The van der Waals surface area contributed by atoms with Gasteiger partial charge in [0, 0.05) is 62.8 Å². The minimum atomic E-state index is -0.669. The predicted molar refractivity (Wildman–Crippen MR) is 165 cm³/mol. The first-order chi connectivity index (χ1) is 21.2. The molecule has 1 aromatic carbocycles. The van der Waals surface area contributed by atoms with Gasteiger partial charge in [-0.15, -0.1) is 0 Å². The van der Waals surface area contributed by atoms with Gasteiger partial charge in [-0.1, -0.05) is 18.7 Å². The third-order valence-electron chi connectivity index (χ3n) is 7.81. The summed E-state index contributed by atoms with van der Waals surface area (Å²) in [5.74, 6) is 1.16. The molecule has 1 N–H and O–H groups in total. The van der Waals surface area contributed by atoms with Gasteiger partial charge in [-0.3, -0.25) is 19.2 Å². The summed E-state index contributed by atoms with van der Waals surface area (Å²) in [6.45, 7) is 5.53. The molecule has 2 unspecified atom stereocenters. The Balaban J connectivity index is 1.40. The van der Waals surface area contributed by atoms with Crippen LogP contribution in [0, 0.1) is 5.92 Å². The molecule has 234 valence electrons. The summed E-state index contributed by atoms with van der Waals surface area (Å²) in [5, 5.41) is 3.47. The molecule has 13 nitrogen and oxygen atoms in total. The van der Waals surface area contributed by atoms with E-state index in [1.54, 1.807) is 41.0 Å². The lowest BCUT2D eigenvalue weighted by atomic mass is 10.1. The fourth-order valence-electron chi connectivity index (χ4n) is 5.45. The van der Waals surface area contributed by atoms with Gasteiger partial charge in [0.15, 0.2) is 22.4 Å². The van der Waals surface area contributed by atoms with Crippen LogP contribution in [0.1, 0.15) is 37.2 Å². The third-order valence-corrected chi connectivity index (χ3v) is 8.88. The molecule has 0 aliphatic carbocycles. The molecule has 2 fully saturated rings. The van der Waals surface area contributed by atoms with Gasteiger partial charge in [0.2, 0.25) is 17.8 Å². The van der Waals surface area contributed by atoms with Crippen LogP contribution in [0.2, 0.25) is 0 Å². The first kappa shape index (κ1) is 31.1. The number of aromatic nitrogens is 2. The van der Waals surface area contributed by atoms with E-state index in [2.05, 4.69) is 5.32 Å². The van der Waals surface area contributed by atoms with Gasteiger partial charge in [-0.2, -0.15) is 4.98 Å². The van der Waals surface area contributed by atoms with Crippen molar-refractivity contribution in [2.75, 3.05) is 62.9 Å². The van der Waals surface area contributed by atoms with Crippen LogP contribution in [0.25, 0.3) is 10.9 Å². The van der Waals surface area contributed by atoms with E-state index in [-0.39, 0.29) is 34.4 Å². The zero-order chi connectivity index (χ0) is 31.4. The molecule has 2 atom stereocenters. The van der Waals surface area contributed by atoms with Crippen molar-refractivity contribution in [3.8, 4) is 11.5 Å². The Morgan fingerprint density at radius 2 is 1.80 bits per heavy atom. The highest BCUT2D eigenvalue weighted by molar-refractivity contribution is 8.13. The molecular weight excluding hydrogens is 588 g/mol. The number of anilines is 2. The molecule has 3 amide bonds. The van der Waals surface area contributed by atoms with Crippen molar-refractivity contribution in [1.29, 1.82) is 0 Å². The highest BCUT2D eigenvalue weighted by Crippen LogP contribution is 2.35. The number of furan rings is 1. The maximum Gasteiger partial charge on any atom is 0.289 e. The molecule has 2 aliphatic rings. The number of hydrogen-bond acceptors (Lipinski definition) is 11. The Morgan fingerprint density at radius 3 is 2.45 bits per heavy atom. The van der Waals surface area contributed by atoms with E-state index in [9.17, 15) is 19.2 Å². The summed E-state index contributed by atoms with van der Waals surface area (Å²) in [6.07, 6.45) is 2.68. The Bertz CT molecular complexity index is 1540. The maximum atomic E-state index is 13.7. The number of piperazine rings is 1. The van der Waals surface area contributed by atoms with Crippen LogP contribution in [0.3, 0.4) is 0 Å². The molecule has 2 saturated heterocycles. The number of amides is 3. The van der Waals surface area contributed by atoms with Gasteiger partial charge in [0.1, 0.15) is 11.9 Å². The summed E-state index contributed by atoms with van der Waals surface area (Å²) in [5.41, 5.74) is 0.534. The lowest BCUT2D eigenvalue weighted by Crippen LogP contribution is -2.49. The molecule has 14 heteroatoms. The Morgan fingerprint density at radius 1 is 1.07 bits per heavy atom. The van der Waals surface area contributed by atoms with Crippen LogP contribution >= 0.6 is 11.8 Å². The van der Waals surface area contributed by atoms with Crippen molar-refractivity contribution >= 4 is 57.3 Å². The van der Waals surface area contributed by atoms with Crippen LogP contribution in [0.15, 0.2) is 34.9 Å². The number of carbonyl (C=O) groups is 4. The topological polar surface area (TPSA) is 147 Å². The molecule has 2 aromatic heterocycles. The van der Waals surface area contributed by atoms with Gasteiger partial charge in [-0.25, -0.2) is 4.98 Å². The number of rotatable bonds is 9. The van der Waals surface area contributed by atoms with Crippen molar-refractivity contribution in [2.45, 2.75) is 32.7 Å². The summed E-state index contributed by atoms with van der Waals surface area (Å²) in [7, 11) is 3.06. The van der Waals surface area contributed by atoms with Crippen LogP contribution in [0.4, 0.5) is 11.8 Å². The average Bonchev–Trinajstić information content (AvgIpc) is 3.75. The fraction of sp³-hybridized carbons (Fsp3) is 0.467. The van der Waals surface area contributed by atoms with Crippen LogP contribution in [-0.4, -0.2) is 101 Å². The zero-order valence-corrected chi connectivity index (χ0v) is 26.0. The van der Waals surface area contributed by atoms with Gasteiger partial charge >= 0.3 is 0 Å². The van der Waals surface area contributed by atoms with Gasteiger partial charge in [0.05, 0.1) is 26.0 Å². The number of thioether (sulfide) groups is 1. The van der Waals surface area contributed by atoms with Crippen LogP contribution in [0.5, 0.6) is 11.5 Å². The van der Waals surface area contributed by atoms with Gasteiger partial charge in [0.25, 0.3) is 5.91 Å². The van der Waals surface area contributed by atoms with Crippen LogP contribution < -0.4 is 19.7 Å². The molecule has 3 aromatic rings. The van der Waals surface area contributed by atoms with Gasteiger partial charge in [-0.05, 0) is 31.0 Å².